The lowest BCUT2D eigenvalue weighted by atomic mass is 9.64. The summed E-state index contributed by atoms with van der Waals surface area (Å²) in [6.45, 7) is 16.4. The average molecular weight is 629 g/mol. The summed E-state index contributed by atoms with van der Waals surface area (Å²) in [5.41, 5.74) is 3.22. The molecular formula is C39H48O7. The van der Waals surface area contributed by atoms with Gasteiger partial charge in [0.1, 0.15) is 17.5 Å². The number of esters is 2. The van der Waals surface area contributed by atoms with E-state index in [9.17, 15) is 24.6 Å². The highest BCUT2D eigenvalue weighted by Crippen LogP contribution is 2.46. The highest BCUT2D eigenvalue weighted by Gasteiger charge is 2.47. The van der Waals surface area contributed by atoms with E-state index in [0.29, 0.717) is 29.7 Å². The Bertz CT molecular complexity index is 1550. The highest BCUT2D eigenvalue weighted by atomic mass is 16.5. The SMILES string of the molecule is CC(=O)O[C@H]1CC(C)(C)C(=C=C/C(C)=C/C=C/C=C/C=C(C)/C=C2C=C(/C=C/[C@@]3(O)C(C)=CC(=O)CC3(C)C)C(=O)O/2)[C@](C)(O)C1. The van der Waals surface area contributed by atoms with Crippen LogP contribution >= 0.6 is 0 Å². The van der Waals surface area contributed by atoms with Crippen LogP contribution in [-0.4, -0.2) is 45.2 Å². The molecule has 1 heterocycles. The van der Waals surface area contributed by atoms with Gasteiger partial charge in [0.2, 0.25) is 0 Å². The molecule has 3 atom stereocenters. The van der Waals surface area contributed by atoms with Gasteiger partial charge in [-0.2, -0.15) is 0 Å². The van der Waals surface area contributed by atoms with Gasteiger partial charge in [-0.05, 0) is 92.7 Å². The van der Waals surface area contributed by atoms with Crippen LogP contribution in [0.3, 0.4) is 0 Å². The summed E-state index contributed by atoms with van der Waals surface area (Å²) in [6, 6.07) is 0. The fourth-order valence-electron chi connectivity index (χ4n) is 6.41. The average Bonchev–Trinajstić information content (AvgIpc) is 3.24. The lowest BCUT2D eigenvalue weighted by Gasteiger charge is -2.44. The molecule has 0 aromatic heterocycles. The summed E-state index contributed by atoms with van der Waals surface area (Å²) >= 11 is 0. The minimum Gasteiger partial charge on any atom is -0.462 e. The Morgan fingerprint density at radius 3 is 2.17 bits per heavy atom. The molecule has 0 spiro atoms. The number of carbonyl (C=O) groups excluding carboxylic acids is 3. The van der Waals surface area contributed by atoms with E-state index in [0.717, 1.165) is 16.7 Å². The summed E-state index contributed by atoms with van der Waals surface area (Å²) in [5.74, 6) is -0.465. The van der Waals surface area contributed by atoms with Crippen molar-refractivity contribution < 1.29 is 34.1 Å². The minimum atomic E-state index is -1.35. The van der Waals surface area contributed by atoms with Crippen molar-refractivity contribution in [2.24, 2.45) is 10.8 Å². The first-order valence-electron chi connectivity index (χ1n) is 15.6. The lowest BCUT2D eigenvalue weighted by Crippen LogP contribution is -2.48. The molecule has 0 bridgehead atoms. The predicted octanol–water partition coefficient (Wildman–Crippen LogP) is 7.18. The van der Waals surface area contributed by atoms with E-state index >= 15 is 0 Å². The maximum absolute atomic E-state index is 12.5. The molecule has 7 heteroatoms. The number of ether oxygens (including phenoxy) is 2. The van der Waals surface area contributed by atoms with Gasteiger partial charge in [-0.15, -0.1) is 5.73 Å². The molecule has 0 radical (unpaired) electrons. The third-order valence-electron chi connectivity index (χ3n) is 8.65. The molecule has 0 saturated heterocycles. The normalized spacial score (nSPS) is 29.3. The lowest BCUT2D eigenvalue weighted by molar-refractivity contribution is -0.152. The maximum atomic E-state index is 12.5. The van der Waals surface area contributed by atoms with Crippen LogP contribution in [0.4, 0.5) is 0 Å². The van der Waals surface area contributed by atoms with Gasteiger partial charge in [0.05, 0.1) is 11.2 Å². The quantitative estimate of drug-likeness (QED) is 0.167. The van der Waals surface area contributed by atoms with Crippen molar-refractivity contribution in [1.29, 1.82) is 0 Å². The van der Waals surface area contributed by atoms with Crippen LogP contribution in [0.5, 0.6) is 0 Å². The van der Waals surface area contributed by atoms with Crippen LogP contribution in [0.2, 0.25) is 0 Å². The van der Waals surface area contributed by atoms with E-state index < -0.39 is 22.6 Å². The molecule has 2 aliphatic carbocycles. The Morgan fingerprint density at radius 2 is 1.59 bits per heavy atom. The second-order valence-corrected chi connectivity index (χ2v) is 14.0. The van der Waals surface area contributed by atoms with Gasteiger partial charge in [0, 0.05) is 30.8 Å². The van der Waals surface area contributed by atoms with Crippen molar-refractivity contribution in [3.8, 4) is 0 Å². The number of ketones is 1. The summed E-state index contributed by atoms with van der Waals surface area (Å²) in [5, 5.41) is 22.4. The largest absolute Gasteiger partial charge is 0.462 e. The molecule has 46 heavy (non-hydrogen) atoms. The van der Waals surface area contributed by atoms with Crippen LogP contribution in [0, 0.1) is 10.8 Å². The zero-order valence-corrected chi connectivity index (χ0v) is 28.6. The standard InChI is InChI=1S/C39H48O7/c1-26(16-17-34-36(5,6)24-33(45-29(4)40)25-38(34,9)43)14-12-10-11-13-15-27(2)20-32-22-30(35(42)46-32)18-19-39(44)28(3)21-31(41)23-37(39,7)8/h10-16,18-22,33,43-44H,23-25H2,1-9H3/b12-10+,13-11+,19-18+,26-14+,27-15+,32-20-/t17?,33-,38+,39+/m0/s1. The van der Waals surface area contributed by atoms with Crippen LogP contribution in [0.25, 0.3) is 0 Å². The number of hydrogen-bond acceptors (Lipinski definition) is 7. The molecule has 0 unspecified atom stereocenters. The molecule has 0 aromatic rings. The Morgan fingerprint density at radius 1 is 0.957 bits per heavy atom. The van der Waals surface area contributed by atoms with Gasteiger partial charge in [-0.25, -0.2) is 4.79 Å². The minimum absolute atomic E-state index is 0.0255. The van der Waals surface area contributed by atoms with Gasteiger partial charge in [-0.1, -0.05) is 64.2 Å². The highest BCUT2D eigenvalue weighted by molar-refractivity contribution is 5.96. The van der Waals surface area contributed by atoms with Crippen LogP contribution in [0.15, 0.2) is 112 Å². The summed E-state index contributed by atoms with van der Waals surface area (Å²) in [4.78, 5) is 35.9. The molecule has 1 saturated carbocycles. The third-order valence-corrected chi connectivity index (χ3v) is 8.65. The zero-order chi connectivity index (χ0) is 34.5. The third kappa shape index (κ3) is 9.03. The van der Waals surface area contributed by atoms with Gasteiger partial charge >= 0.3 is 11.9 Å². The Hall–Kier alpha value is -4.03. The second-order valence-electron chi connectivity index (χ2n) is 14.0. The van der Waals surface area contributed by atoms with E-state index in [2.05, 4.69) is 5.73 Å². The van der Waals surface area contributed by atoms with Crippen molar-refractivity contribution in [2.75, 3.05) is 0 Å². The number of hydrogen-bond donors (Lipinski definition) is 2. The van der Waals surface area contributed by atoms with Crippen LogP contribution in [0.1, 0.15) is 81.6 Å². The van der Waals surface area contributed by atoms with Gasteiger partial charge in [0.25, 0.3) is 0 Å². The monoisotopic (exact) mass is 628 g/mol. The van der Waals surface area contributed by atoms with Crippen LogP contribution in [-0.2, 0) is 23.9 Å². The molecule has 0 amide bonds. The van der Waals surface area contributed by atoms with E-state index in [4.69, 9.17) is 9.47 Å². The number of cyclic esters (lactones) is 1. The molecule has 1 fully saturated rings. The fraction of sp³-hybridized carbons (Fsp3) is 0.436. The van der Waals surface area contributed by atoms with Crippen molar-refractivity contribution >= 4 is 17.7 Å². The van der Waals surface area contributed by atoms with Gasteiger partial charge < -0.3 is 19.7 Å². The summed E-state index contributed by atoms with van der Waals surface area (Å²) in [7, 11) is 0. The Labute approximate surface area is 273 Å². The number of rotatable bonds is 8. The first-order chi connectivity index (χ1) is 21.3. The predicted molar refractivity (Wildman–Crippen MR) is 180 cm³/mol. The molecule has 0 aromatic carbocycles. The van der Waals surface area contributed by atoms with Crippen molar-refractivity contribution in [1.82, 2.24) is 0 Å². The Kier molecular flexibility index (Phi) is 11.2. The summed E-state index contributed by atoms with van der Waals surface area (Å²) in [6.07, 6.45) is 22.1. The molecular weight excluding hydrogens is 580 g/mol. The fourth-order valence-corrected chi connectivity index (χ4v) is 6.41. The molecule has 2 N–H and O–H groups in total. The molecule has 7 nitrogen and oxygen atoms in total. The summed E-state index contributed by atoms with van der Waals surface area (Å²) < 4.78 is 10.8. The van der Waals surface area contributed by atoms with Crippen LogP contribution < -0.4 is 0 Å². The molecule has 1 aliphatic heterocycles. The van der Waals surface area contributed by atoms with Crippen molar-refractivity contribution in [2.45, 2.75) is 98.9 Å². The van der Waals surface area contributed by atoms with Crippen molar-refractivity contribution in [3.63, 3.8) is 0 Å². The number of aliphatic hydroxyl groups is 2. The second kappa shape index (κ2) is 14.2. The Balaban J connectivity index is 1.64. The maximum Gasteiger partial charge on any atom is 0.343 e. The van der Waals surface area contributed by atoms with E-state index in [-0.39, 0.29) is 29.7 Å². The number of carbonyl (C=O) groups is 3. The van der Waals surface area contributed by atoms with Gasteiger partial charge in [0.15, 0.2) is 5.78 Å². The first kappa shape index (κ1) is 36.4. The van der Waals surface area contributed by atoms with Crippen molar-refractivity contribution in [3.05, 3.63) is 112 Å². The zero-order valence-electron chi connectivity index (χ0n) is 28.6. The van der Waals surface area contributed by atoms with E-state index in [1.165, 1.54) is 13.0 Å². The number of allylic oxidation sites excluding steroid dienone is 11. The van der Waals surface area contributed by atoms with E-state index in [1.54, 1.807) is 38.2 Å². The smallest absolute Gasteiger partial charge is 0.343 e. The molecule has 246 valence electrons. The molecule has 3 rings (SSSR count). The van der Waals surface area contributed by atoms with Gasteiger partial charge in [-0.3, -0.25) is 9.59 Å². The molecule has 3 aliphatic rings. The van der Waals surface area contributed by atoms with E-state index in [1.807, 2.05) is 84.1 Å². The first-order valence-corrected chi connectivity index (χ1v) is 15.6. The topological polar surface area (TPSA) is 110 Å².